The van der Waals surface area contributed by atoms with Gasteiger partial charge in [-0.3, -0.25) is 0 Å². The number of rotatable bonds is 4. The van der Waals surface area contributed by atoms with E-state index in [9.17, 15) is 0 Å². The van der Waals surface area contributed by atoms with Crippen LogP contribution in [0.3, 0.4) is 0 Å². The van der Waals surface area contributed by atoms with Crippen LogP contribution in [0, 0.1) is 0 Å². The Kier molecular flexibility index (Phi) is 3.92. The molecule has 1 aliphatic carbocycles. The lowest BCUT2D eigenvalue weighted by Gasteiger charge is -2.26. The Morgan fingerprint density at radius 1 is 1.24 bits per heavy atom. The van der Waals surface area contributed by atoms with Gasteiger partial charge in [0.1, 0.15) is 0 Å². The van der Waals surface area contributed by atoms with Gasteiger partial charge < -0.3 is 20.5 Å². The van der Waals surface area contributed by atoms with Crippen LogP contribution in [0.4, 0.5) is 11.4 Å². The maximum absolute atomic E-state index is 6.14. The summed E-state index contributed by atoms with van der Waals surface area (Å²) in [6.07, 6.45) is 3.52. The number of fused-ring (bicyclic) bond motifs is 1. The number of thiophene rings is 1. The predicted molar refractivity (Wildman–Crippen MR) is 87.6 cm³/mol. The van der Waals surface area contributed by atoms with Crippen molar-refractivity contribution < 1.29 is 9.47 Å². The lowest BCUT2D eigenvalue weighted by Crippen LogP contribution is -2.16. The van der Waals surface area contributed by atoms with E-state index < -0.39 is 0 Å². The highest BCUT2D eigenvalue weighted by atomic mass is 32.1. The molecule has 3 rings (SSSR count). The van der Waals surface area contributed by atoms with Crippen molar-refractivity contribution in [3.05, 3.63) is 34.0 Å². The molecule has 112 valence electrons. The van der Waals surface area contributed by atoms with Crippen molar-refractivity contribution in [1.82, 2.24) is 0 Å². The normalized spacial score (nSPS) is 17.1. The minimum absolute atomic E-state index is 0.320. The van der Waals surface area contributed by atoms with Crippen LogP contribution < -0.4 is 20.5 Å². The minimum Gasteiger partial charge on any atom is -0.493 e. The van der Waals surface area contributed by atoms with E-state index in [2.05, 4.69) is 16.8 Å². The monoisotopic (exact) mass is 304 g/mol. The first-order chi connectivity index (χ1) is 10.2. The van der Waals surface area contributed by atoms with E-state index in [4.69, 9.17) is 15.2 Å². The number of aryl methyl sites for hydroxylation is 1. The van der Waals surface area contributed by atoms with Crippen LogP contribution in [0.5, 0.6) is 11.5 Å². The molecule has 0 radical (unpaired) electrons. The van der Waals surface area contributed by atoms with Gasteiger partial charge in [0.2, 0.25) is 0 Å². The molecular weight excluding hydrogens is 284 g/mol. The predicted octanol–water partition coefficient (Wildman–Crippen LogP) is 3.84. The fraction of sp³-hybridized carbons (Fsp3) is 0.375. The first kappa shape index (κ1) is 14.1. The molecule has 3 N–H and O–H groups in total. The molecule has 0 fully saturated rings. The summed E-state index contributed by atoms with van der Waals surface area (Å²) in [4.78, 5) is 1.48. The van der Waals surface area contributed by atoms with E-state index >= 15 is 0 Å². The minimum atomic E-state index is 0.320. The van der Waals surface area contributed by atoms with Crippen LogP contribution in [0.25, 0.3) is 0 Å². The number of benzene rings is 1. The zero-order chi connectivity index (χ0) is 14.8. The molecule has 1 aliphatic rings. The van der Waals surface area contributed by atoms with Gasteiger partial charge in [-0.1, -0.05) is 0 Å². The van der Waals surface area contributed by atoms with Crippen LogP contribution in [-0.2, 0) is 6.42 Å². The molecule has 5 heteroatoms. The number of anilines is 2. The number of ether oxygens (including phenoxy) is 2. The number of nitrogens with one attached hydrogen (secondary N) is 1. The summed E-state index contributed by atoms with van der Waals surface area (Å²) in [6, 6.07) is 6.25. The SMILES string of the molecule is COc1cc(N)c(NC2CCCc3sccc32)cc1OC. The van der Waals surface area contributed by atoms with Crippen LogP contribution in [0.1, 0.15) is 29.3 Å². The van der Waals surface area contributed by atoms with Crippen LogP contribution >= 0.6 is 11.3 Å². The molecule has 4 nitrogen and oxygen atoms in total. The molecule has 21 heavy (non-hydrogen) atoms. The Morgan fingerprint density at radius 2 is 2.00 bits per heavy atom. The van der Waals surface area contributed by atoms with Gasteiger partial charge in [-0.15, -0.1) is 11.3 Å². The molecule has 1 heterocycles. The molecule has 1 atom stereocenters. The molecule has 0 bridgehead atoms. The Bertz CT molecular complexity index is 639. The fourth-order valence-electron chi connectivity index (χ4n) is 2.84. The van der Waals surface area contributed by atoms with E-state index in [1.807, 2.05) is 17.4 Å². The van der Waals surface area contributed by atoms with E-state index in [1.54, 1.807) is 20.3 Å². The third-order valence-electron chi connectivity index (χ3n) is 3.94. The number of nitrogen functional groups attached to an aromatic ring is 1. The molecule has 0 spiro atoms. The molecule has 0 amide bonds. The summed E-state index contributed by atoms with van der Waals surface area (Å²) in [5, 5.41) is 5.73. The molecule has 0 saturated heterocycles. The topological polar surface area (TPSA) is 56.5 Å². The number of hydrogen-bond acceptors (Lipinski definition) is 5. The largest absolute Gasteiger partial charge is 0.493 e. The van der Waals surface area contributed by atoms with Gasteiger partial charge >= 0.3 is 0 Å². The van der Waals surface area contributed by atoms with Crippen molar-refractivity contribution in [2.24, 2.45) is 0 Å². The van der Waals surface area contributed by atoms with E-state index in [0.29, 0.717) is 23.2 Å². The Hall–Kier alpha value is -1.88. The molecule has 2 aromatic rings. The van der Waals surface area contributed by atoms with E-state index in [1.165, 1.54) is 23.3 Å². The maximum Gasteiger partial charge on any atom is 0.162 e. The van der Waals surface area contributed by atoms with Crippen LogP contribution in [-0.4, -0.2) is 14.2 Å². The van der Waals surface area contributed by atoms with Crippen molar-refractivity contribution in [3.63, 3.8) is 0 Å². The molecule has 1 aromatic carbocycles. The van der Waals surface area contributed by atoms with Crippen molar-refractivity contribution in [3.8, 4) is 11.5 Å². The van der Waals surface area contributed by atoms with Gasteiger partial charge in [0, 0.05) is 17.0 Å². The summed E-state index contributed by atoms with van der Waals surface area (Å²) in [7, 11) is 3.25. The van der Waals surface area contributed by atoms with Gasteiger partial charge in [0.25, 0.3) is 0 Å². The zero-order valence-electron chi connectivity index (χ0n) is 12.3. The van der Waals surface area contributed by atoms with Crippen molar-refractivity contribution in [2.45, 2.75) is 25.3 Å². The quantitative estimate of drug-likeness (QED) is 0.843. The van der Waals surface area contributed by atoms with Gasteiger partial charge in [-0.2, -0.15) is 0 Å². The second-order valence-corrected chi connectivity index (χ2v) is 6.18. The van der Waals surface area contributed by atoms with E-state index in [-0.39, 0.29) is 0 Å². The lowest BCUT2D eigenvalue weighted by molar-refractivity contribution is 0.355. The highest BCUT2D eigenvalue weighted by molar-refractivity contribution is 7.10. The number of hydrogen-bond donors (Lipinski definition) is 2. The second kappa shape index (κ2) is 5.85. The maximum atomic E-state index is 6.14. The van der Waals surface area contributed by atoms with Crippen LogP contribution in [0.15, 0.2) is 23.6 Å². The van der Waals surface area contributed by atoms with Crippen molar-refractivity contribution in [2.75, 3.05) is 25.3 Å². The third-order valence-corrected chi connectivity index (χ3v) is 4.93. The third kappa shape index (κ3) is 2.65. The molecule has 1 aromatic heterocycles. The zero-order valence-corrected chi connectivity index (χ0v) is 13.1. The summed E-state index contributed by atoms with van der Waals surface area (Å²) in [5.41, 5.74) is 9.12. The number of nitrogens with two attached hydrogens (primary N) is 1. The summed E-state index contributed by atoms with van der Waals surface area (Å²) < 4.78 is 10.6. The van der Waals surface area contributed by atoms with Crippen LogP contribution in [0.2, 0.25) is 0 Å². The highest BCUT2D eigenvalue weighted by Gasteiger charge is 2.22. The van der Waals surface area contributed by atoms with Gasteiger partial charge in [-0.05, 0) is 36.3 Å². The second-order valence-electron chi connectivity index (χ2n) is 5.18. The standard InChI is InChI=1S/C16H20N2O2S/c1-19-14-8-11(17)13(9-15(14)20-2)18-12-4-3-5-16-10(12)6-7-21-16/h6-9,12,18H,3-5,17H2,1-2H3. The summed E-state index contributed by atoms with van der Waals surface area (Å²) in [5.74, 6) is 1.34. The first-order valence-corrected chi connectivity index (χ1v) is 7.95. The van der Waals surface area contributed by atoms with Crippen molar-refractivity contribution >= 4 is 22.7 Å². The van der Waals surface area contributed by atoms with Gasteiger partial charge in [-0.25, -0.2) is 0 Å². The average Bonchev–Trinajstić information content (AvgIpc) is 2.98. The molecule has 0 saturated carbocycles. The summed E-state index contributed by atoms with van der Waals surface area (Å²) >= 11 is 1.84. The Morgan fingerprint density at radius 3 is 2.76 bits per heavy atom. The number of methoxy groups -OCH3 is 2. The van der Waals surface area contributed by atoms with Gasteiger partial charge in [0.15, 0.2) is 11.5 Å². The Labute approximate surface area is 128 Å². The Balaban J connectivity index is 1.89. The average molecular weight is 304 g/mol. The van der Waals surface area contributed by atoms with E-state index in [0.717, 1.165) is 12.1 Å². The molecule has 0 aliphatic heterocycles. The summed E-state index contributed by atoms with van der Waals surface area (Å²) in [6.45, 7) is 0. The molecule has 1 unspecified atom stereocenters. The molecular formula is C16H20N2O2S. The fourth-order valence-corrected chi connectivity index (χ4v) is 3.83. The smallest absolute Gasteiger partial charge is 0.162 e. The van der Waals surface area contributed by atoms with Gasteiger partial charge in [0.05, 0.1) is 31.6 Å². The lowest BCUT2D eigenvalue weighted by atomic mass is 9.94. The van der Waals surface area contributed by atoms with Crippen molar-refractivity contribution in [1.29, 1.82) is 0 Å². The highest BCUT2D eigenvalue weighted by Crippen LogP contribution is 2.40. The first-order valence-electron chi connectivity index (χ1n) is 7.07.